The van der Waals surface area contributed by atoms with Crippen LogP contribution in [0.25, 0.3) is 0 Å². The van der Waals surface area contributed by atoms with Crippen molar-refractivity contribution in [1.82, 2.24) is 0 Å². The smallest absolute Gasteiger partial charge is 0.0353 e. The molecule has 0 aliphatic heterocycles. The van der Waals surface area contributed by atoms with E-state index in [-0.39, 0.29) is 0 Å². The van der Waals surface area contributed by atoms with Crippen LogP contribution in [0, 0.1) is 0 Å². The van der Waals surface area contributed by atoms with E-state index in [0.717, 1.165) is 0 Å². The van der Waals surface area contributed by atoms with Crippen LogP contribution in [-0.2, 0) is 0 Å². The minimum absolute atomic E-state index is 1.24. The first-order valence-electron chi connectivity index (χ1n) is 10.6. The van der Waals surface area contributed by atoms with Gasteiger partial charge in [0.15, 0.2) is 0 Å². The standard InChI is InChI=1S/C21H45P/c1-3-5-6-7-8-9-10-11-12-13-14-15-16-17-18-19-21-22-20-4-2/h22H,3-21H2,1-2H3. The molecule has 0 nitrogen and oxygen atoms in total. The summed E-state index contributed by atoms with van der Waals surface area (Å²) in [4.78, 5) is 0. The van der Waals surface area contributed by atoms with Crippen molar-refractivity contribution < 1.29 is 0 Å². The van der Waals surface area contributed by atoms with Crippen LogP contribution < -0.4 is 0 Å². The fourth-order valence-electron chi connectivity index (χ4n) is 3.10. The van der Waals surface area contributed by atoms with E-state index >= 15 is 0 Å². The quantitative estimate of drug-likeness (QED) is 0.165. The van der Waals surface area contributed by atoms with Gasteiger partial charge in [0.2, 0.25) is 0 Å². The third kappa shape index (κ3) is 20.4. The summed E-state index contributed by atoms with van der Waals surface area (Å²) in [6.45, 7) is 4.61. The van der Waals surface area contributed by atoms with Crippen molar-refractivity contribution in [3.8, 4) is 0 Å². The summed E-state index contributed by atoms with van der Waals surface area (Å²) in [6, 6.07) is 0. The maximum absolute atomic E-state index is 2.31. The average Bonchev–Trinajstić information content (AvgIpc) is 2.54. The molecule has 0 fully saturated rings. The zero-order chi connectivity index (χ0) is 16.1. The van der Waals surface area contributed by atoms with Crippen LogP contribution >= 0.6 is 8.58 Å². The summed E-state index contributed by atoms with van der Waals surface area (Å²) in [5.74, 6) is 0. The highest BCUT2D eigenvalue weighted by molar-refractivity contribution is 7.37. The van der Waals surface area contributed by atoms with Crippen LogP contribution in [0.15, 0.2) is 0 Å². The van der Waals surface area contributed by atoms with Crippen molar-refractivity contribution in [1.29, 1.82) is 0 Å². The van der Waals surface area contributed by atoms with Crippen LogP contribution in [0.2, 0.25) is 0 Å². The second kappa shape index (κ2) is 21.4. The van der Waals surface area contributed by atoms with Gasteiger partial charge in [0.1, 0.15) is 0 Å². The van der Waals surface area contributed by atoms with E-state index in [0.29, 0.717) is 0 Å². The fourth-order valence-corrected chi connectivity index (χ4v) is 4.20. The Balaban J connectivity index is 2.91. The van der Waals surface area contributed by atoms with E-state index in [1.807, 2.05) is 0 Å². The average molecular weight is 329 g/mol. The molecule has 0 spiro atoms. The van der Waals surface area contributed by atoms with Crippen LogP contribution in [0.4, 0.5) is 0 Å². The molecule has 0 radical (unpaired) electrons. The topological polar surface area (TPSA) is 0 Å². The Kier molecular flexibility index (Phi) is 21.8. The molecule has 0 N–H and O–H groups in total. The van der Waals surface area contributed by atoms with Gasteiger partial charge in [-0.15, -0.1) is 8.58 Å². The van der Waals surface area contributed by atoms with Gasteiger partial charge in [-0.3, -0.25) is 0 Å². The lowest BCUT2D eigenvalue weighted by molar-refractivity contribution is 0.531. The van der Waals surface area contributed by atoms with Crippen LogP contribution in [0.5, 0.6) is 0 Å². The Labute approximate surface area is 144 Å². The Hall–Kier alpha value is 0.430. The minimum Gasteiger partial charge on any atom is -0.122 e. The zero-order valence-electron chi connectivity index (χ0n) is 15.9. The highest BCUT2D eigenvalue weighted by Gasteiger charge is 1.94. The third-order valence-corrected chi connectivity index (χ3v) is 6.19. The lowest BCUT2D eigenvalue weighted by atomic mass is 10.0. The molecule has 0 aliphatic carbocycles. The number of hydrogen-bond acceptors (Lipinski definition) is 0. The van der Waals surface area contributed by atoms with Crippen molar-refractivity contribution in [2.45, 2.75) is 123 Å². The fraction of sp³-hybridized carbons (Fsp3) is 1.00. The highest BCUT2D eigenvalue weighted by Crippen LogP contribution is 2.16. The monoisotopic (exact) mass is 328 g/mol. The Bertz CT molecular complexity index is 159. The summed E-state index contributed by atoms with van der Waals surface area (Å²) >= 11 is 0. The first-order valence-corrected chi connectivity index (χ1v) is 12.0. The molecule has 0 saturated carbocycles. The largest absolute Gasteiger partial charge is 0.122 e. The molecule has 0 amide bonds. The van der Waals surface area contributed by atoms with Crippen molar-refractivity contribution >= 4 is 8.58 Å². The van der Waals surface area contributed by atoms with Gasteiger partial charge in [0.25, 0.3) is 0 Å². The van der Waals surface area contributed by atoms with Crippen LogP contribution in [0.1, 0.15) is 123 Å². The molecule has 1 unspecified atom stereocenters. The summed E-state index contributed by atoms with van der Waals surface area (Å²) in [5.41, 5.74) is 0. The van der Waals surface area contributed by atoms with E-state index in [4.69, 9.17) is 0 Å². The molecule has 0 bridgehead atoms. The molecule has 0 rings (SSSR count). The Morgan fingerprint density at radius 3 is 1.09 bits per heavy atom. The third-order valence-electron chi connectivity index (χ3n) is 4.63. The molecule has 22 heavy (non-hydrogen) atoms. The van der Waals surface area contributed by atoms with E-state index in [2.05, 4.69) is 13.8 Å². The molecule has 0 aromatic carbocycles. The van der Waals surface area contributed by atoms with E-state index < -0.39 is 0 Å². The Morgan fingerprint density at radius 2 is 0.727 bits per heavy atom. The van der Waals surface area contributed by atoms with E-state index in [9.17, 15) is 0 Å². The second-order valence-corrected chi connectivity index (χ2v) is 8.55. The summed E-state index contributed by atoms with van der Waals surface area (Å²) in [5, 5.41) is 0. The van der Waals surface area contributed by atoms with Crippen molar-refractivity contribution in [2.75, 3.05) is 12.3 Å². The summed E-state index contributed by atoms with van der Waals surface area (Å²) in [6.07, 6.45) is 28.0. The molecule has 0 heterocycles. The molecule has 1 atom stereocenters. The van der Waals surface area contributed by atoms with E-state index in [1.165, 1.54) is 130 Å². The normalized spacial score (nSPS) is 11.7. The van der Waals surface area contributed by atoms with Gasteiger partial charge in [-0.1, -0.05) is 117 Å². The molecule has 0 aromatic heterocycles. The van der Waals surface area contributed by atoms with Gasteiger partial charge in [-0.05, 0) is 18.7 Å². The summed E-state index contributed by atoms with van der Waals surface area (Å²) < 4.78 is 0. The maximum Gasteiger partial charge on any atom is -0.0353 e. The number of rotatable bonds is 19. The lowest BCUT2D eigenvalue weighted by Crippen LogP contribution is -1.84. The molecular weight excluding hydrogens is 283 g/mol. The van der Waals surface area contributed by atoms with Gasteiger partial charge < -0.3 is 0 Å². The van der Waals surface area contributed by atoms with Crippen molar-refractivity contribution in [2.24, 2.45) is 0 Å². The van der Waals surface area contributed by atoms with Crippen LogP contribution in [-0.4, -0.2) is 12.3 Å². The summed E-state index contributed by atoms with van der Waals surface area (Å²) in [7, 11) is 1.24. The second-order valence-electron chi connectivity index (χ2n) is 7.05. The number of unbranched alkanes of at least 4 members (excludes halogenated alkanes) is 15. The lowest BCUT2D eigenvalue weighted by Gasteiger charge is -2.03. The predicted molar refractivity (Wildman–Crippen MR) is 108 cm³/mol. The molecule has 134 valence electrons. The van der Waals surface area contributed by atoms with Gasteiger partial charge in [0, 0.05) is 0 Å². The minimum atomic E-state index is 1.24. The molecular formula is C21H45P. The van der Waals surface area contributed by atoms with Gasteiger partial charge >= 0.3 is 0 Å². The van der Waals surface area contributed by atoms with Crippen molar-refractivity contribution in [3.05, 3.63) is 0 Å². The van der Waals surface area contributed by atoms with Crippen LogP contribution in [0.3, 0.4) is 0 Å². The predicted octanol–water partition coefficient (Wildman–Crippen LogP) is 8.34. The molecule has 0 aliphatic rings. The Morgan fingerprint density at radius 1 is 0.364 bits per heavy atom. The van der Waals surface area contributed by atoms with Crippen molar-refractivity contribution in [3.63, 3.8) is 0 Å². The number of hydrogen-bond donors (Lipinski definition) is 0. The first-order chi connectivity index (χ1) is 10.9. The SMILES string of the molecule is CCCCCCCCCCCCCCCCCCPCCC. The molecule has 1 heteroatoms. The van der Waals surface area contributed by atoms with Gasteiger partial charge in [0.05, 0.1) is 0 Å². The molecule has 0 aromatic rings. The van der Waals surface area contributed by atoms with E-state index in [1.54, 1.807) is 0 Å². The zero-order valence-corrected chi connectivity index (χ0v) is 16.9. The highest BCUT2D eigenvalue weighted by atomic mass is 31.1. The maximum atomic E-state index is 2.31. The van der Waals surface area contributed by atoms with Gasteiger partial charge in [-0.25, -0.2) is 0 Å². The van der Waals surface area contributed by atoms with Gasteiger partial charge in [-0.2, -0.15) is 0 Å². The molecule has 0 saturated heterocycles. The first kappa shape index (κ1) is 22.4.